The lowest BCUT2D eigenvalue weighted by atomic mass is 9.92. The first-order valence-electron chi connectivity index (χ1n) is 28.9. The van der Waals surface area contributed by atoms with Gasteiger partial charge in [-0.2, -0.15) is 15.3 Å². The zero-order valence-electron chi connectivity index (χ0n) is 48.8. The molecule has 2 atom stereocenters. The molecular weight excluding hydrogens is 1250 g/mol. The number of pyridine rings is 1. The van der Waals surface area contributed by atoms with Gasteiger partial charge in [0.15, 0.2) is 0 Å². The maximum Gasteiger partial charge on any atom is 0.317 e. The normalized spacial score (nSPS) is 18.4. The van der Waals surface area contributed by atoms with Gasteiger partial charge in [0, 0.05) is 132 Å². The minimum absolute atomic E-state index is 0.0242. The molecule has 30 heteroatoms. The third-order valence-corrected chi connectivity index (χ3v) is 15.4. The number of aliphatic carboxylic acids is 3. The predicted molar refractivity (Wildman–Crippen MR) is 330 cm³/mol. The Balaban J connectivity index is 0.954. The zero-order valence-corrected chi connectivity index (χ0v) is 50.9. The average molecular weight is 1330 g/mol. The first kappa shape index (κ1) is 68.6. The number of nitrogens with zero attached hydrogens (tertiary/aromatic N) is 11. The Morgan fingerprint density at radius 2 is 1.40 bits per heavy atom. The molecule has 0 spiro atoms. The SMILES string of the molecule is C/N=C/[C@H]1CC(F)(F)CN1C(=O)CNC(=O)c1ccnc2ccc(OCCCC3CCN(C(=O)CCN/N=C\[C@H](C/C=N/NCN/N=C/c4ccc(I)cc4)NC(=O)CN4CCN(CC(=O)O)CCN(CC(=O)O)CCN(CC(=O)O)CC4)CC3)cc12. The number of nitrogens with one attached hydrogen (secondary N) is 5. The molecule has 1 aromatic heterocycles. The Hall–Kier alpha value is -7.55. The molecule has 0 saturated carbocycles. The number of alkyl halides is 2. The van der Waals surface area contributed by atoms with Gasteiger partial charge in [-0.05, 0) is 96.2 Å². The second-order valence-electron chi connectivity index (χ2n) is 21.3. The largest absolute Gasteiger partial charge is 0.494 e. The fourth-order valence-corrected chi connectivity index (χ4v) is 10.5. The zero-order chi connectivity index (χ0) is 62.6. The summed E-state index contributed by atoms with van der Waals surface area (Å²) in [5.74, 6) is -6.91. The van der Waals surface area contributed by atoms with Gasteiger partial charge in [-0.1, -0.05) is 12.1 Å². The number of fused-ring (bicyclic) bond motifs is 1. The maximum absolute atomic E-state index is 14.1. The molecule has 8 N–H and O–H groups in total. The summed E-state index contributed by atoms with van der Waals surface area (Å²) >= 11 is 2.23. The Morgan fingerprint density at radius 1 is 0.782 bits per heavy atom. The van der Waals surface area contributed by atoms with Gasteiger partial charge in [0.2, 0.25) is 17.7 Å². The Kier molecular flexibility index (Phi) is 28.3. The number of aliphatic imine (C=N–C) groups is 1. The van der Waals surface area contributed by atoms with E-state index in [1.165, 1.54) is 31.7 Å². The fourth-order valence-electron chi connectivity index (χ4n) is 10.2. The summed E-state index contributed by atoms with van der Waals surface area (Å²) < 4.78 is 35.4. The van der Waals surface area contributed by atoms with Crippen molar-refractivity contribution in [3.63, 3.8) is 0 Å². The van der Waals surface area contributed by atoms with Gasteiger partial charge in [0.25, 0.3) is 11.8 Å². The molecule has 0 radical (unpaired) electrons. The topological polar surface area (TPSA) is 331 Å². The summed E-state index contributed by atoms with van der Waals surface area (Å²) in [5.41, 5.74) is 10.4. The second-order valence-corrected chi connectivity index (χ2v) is 22.6. The van der Waals surface area contributed by atoms with Crippen molar-refractivity contribution < 1.29 is 62.4 Å². The summed E-state index contributed by atoms with van der Waals surface area (Å²) in [6.45, 7) is 1.80. The molecule has 3 saturated heterocycles. The molecule has 6 rings (SSSR count). The van der Waals surface area contributed by atoms with Crippen LogP contribution in [0.15, 0.2) is 75.0 Å². The molecule has 3 aliphatic heterocycles. The standard InChI is InChI=1S/C57H79F2IN16O11/c1-61-33-45-30-57(58,59)39-76(45)52(79)34-63-56(86)47-11-15-62-49-9-8-46(29-48(47)49)87-28-2-3-41-13-18-75(19-14-41)51(78)12-17-64-67-32-44(10-16-65-68-40-69-66-31-42-4-6-43(60)7-5-42)70-50(77)35-71-20-22-72(36-53(80)81)24-26-74(38-55(84)85)27-25-73(23-21-71)37-54(82)83/h4-9,11,15-16,29,31-33,41,44-45,64,68-69H,2-3,10,12-14,17-28,30,34-40H2,1H3,(H,63,86)(H,70,77)(H,80,81)(H,82,83)(H,84,85)/b61-33+,65-16+,66-31+,67-32-/t44-,45+/m0/s1. The minimum atomic E-state index is -3.05. The van der Waals surface area contributed by atoms with Gasteiger partial charge < -0.3 is 45.9 Å². The van der Waals surface area contributed by atoms with E-state index >= 15 is 0 Å². The molecule has 0 aliphatic carbocycles. The van der Waals surface area contributed by atoms with E-state index < -0.39 is 67.2 Å². The summed E-state index contributed by atoms with van der Waals surface area (Å²) in [6.07, 6.45) is 10.7. The molecule has 2 aromatic carbocycles. The first-order chi connectivity index (χ1) is 41.8. The highest BCUT2D eigenvalue weighted by atomic mass is 127. The first-order valence-corrected chi connectivity index (χ1v) is 29.9. The van der Waals surface area contributed by atoms with Crippen molar-refractivity contribution in [1.82, 2.24) is 61.3 Å². The molecule has 3 fully saturated rings. The monoisotopic (exact) mass is 1330 g/mol. The molecule has 0 bridgehead atoms. The molecule has 0 unspecified atom stereocenters. The van der Waals surface area contributed by atoms with E-state index in [0.717, 1.165) is 39.7 Å². The summed E-state index contributed by atoms with van der Waals surface area (Å²) in [5, 5.41) is 47.6. The van der Waals surface area contributed by atoms with Gasteiger partial charge in [-0.3, -0.25) is 74.0 Å². The molecule has 4 amide bonds. The fraction of sp³-hybridized carbons (Fsp3) is 0.544. The number of rotatable bonds is 30. The highest BCUT2D eigenvalue weighted by Gasteiger charge is 2.46. The van der Waals surface area contributed by atoms with E-state index in [1.54, 1.807) is 45.3 Å². The van der Waals surface area contributed by atoms with Gasteiger partial charge in [0.05, 0.1) is 75.3 Å². The van der Waals surface area contributed by atoms with Crippen LogP contribution in [0.3, 0.4) is 0 Å². The quantitative estimate of drug-likeness (QED) is 0.0154. The number of carbonyl (C=O) groups excluding carboxylic acids is 4. The number of piperidine rings is 1. The van der Waals surface area contributed by atoms with E-state index in [2.05, 4.69) is 74.8 Å². The van der Waals surface area contributed by atoms with Crippen LogP contribution in [0.1, 0.15) is 60.9 Å². The number of benzene rings is 2. The van der Waals surface area contributed by atoms with Gasteiger partial charge in [0.1, 0.15) is 12.4 Å². The third kappa shape index (κ3) is 25.0. The van der Waals surface area contributed by atoms with Crippen molar-refractivity contribution in [2.45, 2.75) is 63.0 Å². The highest BCUT2D eigenvalue weighted by molar-refractivity contribution is 14.1. The second kappa shape index (κ2) is 35.9. The van der Waals surface area contributed by atoms with Crippen LogP contribution in [0.25, 0.3) is 10.9 Å². The lowest BCUT2D eigenvalue weighted by molar-refractivity contribution is -0.140. The van der Waals surface area contributed by atoms with E-state index in [4.69, 9.17) is 4.74 Å². The Morgan fingerprint density at radius 3 is 2.02 bits per heavy atom. The average Bonchev–Trinajstić information content (AvgIpc) is 2.28. The number of ether oxygens (including phenoxy) is 1. The van der Waals surface area contributed by atoms with Crippen LogP contribution in [-0.4, -0.2) is 266 Å². The van der Waals surface area contributed by atoms with E-state index in [1.807, 2.05) is 34.1 Å². The maximum atomic E-state index is 14.1. The van der Waals surface area contributed by atoms with E-state index in [9.17, 15) is 57.7 Å². The molecule has 3 aliphatic rings. The number of carboxylic acid groups (broad SMARTS) is 3. The van der Waals surface area contributed by atoms with Gasteiger partial charge in [-0.25, -0.2) is 8.78 Å². The number of likely N-dealkylation sites (tertiary alicyclic amines) is 2. The predicted octanol–water partition coefficient (Wildman–Crippen LogP) is 1.38. The van der Waals surface area contributed by atoms with Gasteiger partial charge >= 0.3 is 17.9 Å². The molecule has 474 valence electrons. The lowest BCUT2D eigenvalue weighted by Gasteiger charge is -2.33. The smallest absolute Gasteiger partial charge is 0.317 e. The summed E-state index contributed by atoms with van der Waals surface area (Å²) in [7, 11) is 1.45. The van der Waals surface area contributed by atoms with Gasteiger partial charge in [-0.15, -0.1) is 0 Å². The molecule has 4 heterocycles. The Bertz CT molecular complexity index is 2850. The van der Waals surface area contributed by atoms with E-state index in [-0.39, 0.29) is 122 Å². The molecule has 87 heavy (non-hydrogen) atoms. The van der Waals surface area contributed by atoms with Crippen LogP contribution < -0.4 is 31.6 Å². The third-order valence-electron chi connectivity index (χ3n) is 14.7. The van der Waals surface area contributed by atoms with Crippen molar-refractivity contribution in [3.05, 3.63) is 69.4 Å². The number of hydrogen-bond donors (Lipinski definition) is 8. The molecule has 27 nitrogen and oxygen atoms in total. The number of hydrazone groups is 3. The number of aromatic nitrogens is 1. The summed E-state index contributed by atoms with van der Waals surface area (Å²) in [6, 6.07) is 13.0. The highest BCUT2D eigenvalue weighted by Crippen LogP contribution is 2.31. The van der Waals surface area contributed by atoms with Crippen molar-refractivity contribution in [3.8, 4) is 5.75 Å². The molecular formula is C57H79F2IN16O11. The van der Waals surface area contributed by atoms with E-state index in [0.29, 0.717) is 42.3 Å². The Labute approximate surface area is 517 Å². The number of carbonyl (C=O) groups is 7. The van der Waals surface area contributed by atoms with Crippen LogP contribution in [0.4, 0.5) is 8.78 Å². The van der Waals surface area contributed by atoms with Crippen molar-refractivity contribution in [1.29, 1.82) is 0 Å². The van der Waals surface area contributed by atoms with Crippen LogP contribution in [-0.2, 0) is 28.8 Å². The lowest BCUT2D eigenvalue weighted by Crippen LogP contribution is -2.50. The van der Waals surface area contributed by atoms with Crippen LogP contribution in [0.5, 0.6) is 5.75 Å². The number of carboxylic acids is 3. The number of halogens is 3. The molecule has 3 aromatic rings. The van der Waals surface area contributed by atoms with Crippen LogP contribution in [0.2, 0.25) is 0 Å². The summed E-state index contributed by atoms with van der Waals surface area (Å²) in [4.78, 5) is 106. The van der Waals surface area contributed by atoms with Crippen molar-refractivity contribution in [2.75, 3.05) is 132 Å². The number of amides is 4. The minimum Gasteiger partial charge on any atom is -0.494 e. The number of hydrogen-bond acceptors (Lipinski definition) is 20. The van der Waals surface area contributed by atoms with Crippen LogP contribution in [0, 0.1) is 9.49 Å². The van der Waals surface area contributed by atoms with Crippen molar-refractivity contribution in [2.24, 2.45) is 26.2 Å². The van der Waals surface area contributed by atoms with Crippen molar-refractivity contribution >= 4 is 99.9 Å². The van der Waals surface area contributed by atoms with Crippen LogP contribution >= 0.6 is 22.6 Å².